The summed E-state index contributed by atoms with van der Waals surface area (Å²) in [5.74, 6) is 1.01. The van der Waals surface area contributed by atoms with Crippen molar-refractivity contribution in [2.45, 2.75) is 32.5 Å². The van der Waals surface area contributed by atoms with Crippen LogP contribution in [0.25, 0.3) is 0 Å². The van der Waals surface area contributed by atoms with Crippen LogP contribution >= 0.6 is 0 Å². The molecule has 94 valence electrons. The summed E-state index contributed by atoms with van der Waals surface area (Å²) in [7, 11) is 0. The van der Waals surface area contributed by atoms with E-state index >= 15 is 0 Å². The number of aryl methyl sites for hydroxylation is 1. The molecule has 0 radical (unpaired) electrons. The number of rotatable bonds is 3. The van der Waals surface area contributed by atoms with E-state index in [1.807, 2.05) is 16.9 Å². The number of nitrogens with two attached hydrogens (primary N) is 1. The Labute approximate surface area is 106 Å². The molecule has 2 N–H and O–H groups in total. The maximum Gasteiger partial charge on any atom is 0.123 e. The third-order valence-corrected chi connectivity index (χ3v) is 3.25. The Balaban J connectivity index is 1.70. The van der Waals surface area contributed by atoms with Crippen molar-refractivity contribution in [2.24, 2.45) is 5.73 Å². The van der Waals surface area contributed by atoms with E-state index in [-0.39, 0.29) is 6.10 Å². The van der Waals surface area contributed by atoms with Crippen LogP contribution in [0.5, 0.6) is 5.75 Å². The summed E-state index contributed by atoms with van der Waals surface area (Å²) in [6.07, 6.45) is 3.08. The minimum Gasteiger partial charge on any atom is -0.488 e. The number of fused-ring (bicyclic) bond motifs is 1. The maximum atomic E-state index is 5.92. The van der Waals surface area contributed by atoms with Crippen molar-refractivity contribution in [1.82, 2.24) is 9.78 Å². The smallest absolute Gasteiger partial charge is 0.123 e. The molecule has 3 rings (SSSR count). The van der Waals surface area contributed by atoms with Crippen molar-refractivity contribution in [3.05, 3.63) is 47.3 Å². The number of benzene rings is 1. The molecule has 4 nitrogen and oxygen atoms in total. The van der Waals surface area contributed by atoms with E-state index in [0.29, 0.717) is 6.54 Å². The standard InChI is InChI=1S/C14H17N3O/c1-10-2-3-14-11(6-10)7-13(18-14)9-17-5-4-12(8-15)16-17/h2-6,13H,7-9,15H2,1H3. The maximum absolute atomic E-state index is 5.92. The van der Waals surface area contributed by atoms with E-state index in [1.165, 1.54) is 11.1 Å². The van der Waals surface area contributed by atoms with E-state index < -0.39 is 0 Å². The molecule has 1 aliphatic heterocycles. The molecule has 1 aromatic carbocycles. The highest BCUT2D eigenvalue weighted by molar-refractivity contribution is 5.40. The molecule has 1 atom stereocenters. The van der Waals surface area contributed by atoms with E-state index in [1.54, 1.807) is 0 Å². The van der Waals surface area contributed by atoms with Gasteiger partial charge in [0.05, 0.1) is 12.2 Å². The summed E-state index contributed by atoms with van der Waals surface area (Å²) in [4.78, 5) is 0. The monoisotopic (exact) mass is 243 g/mol. The summed E-state index contributed by atoms with van der Waals surface area (Å²) in [6.45, 7) is 3.36. The lowest BCUT2D eigenvalue weighted by Gasteiger charge is -2.10. The van der Waals surface area contributed by atoms with Crippen molar-refractivity contribution in [1.29, 1.82) is 0 Å². The highest BCUT2D eigenvalue weighted by atomic mass is 16.5. The molecule has 0 fully saturated rings. The molecule has 1 aliphatic rings. The van der Waals surface area contributed by atoms with Gasteiger partial charge in [0.2, 0.25) is 0 Å². The Kier molecular flexibility index (Phi) is 2.80. The van der Waals surface area contributed by atoms with Crippen LogP contribution in [0.2, 0.25) is 0 Å². The lowest BCUT2D eigenvalue weighted by molar-refractivity contribution is 0.203. The van der Waals surface area contributed by atoms with E-state index in [4.69, 9.17) is 10.5 Å². The molecular formula is C14H17N3O. The summed E-state index contributed by atoms with van der Waals surface area (Å²) >= 11 is 0. The molecule has 4 heteroatoms. The van der Waals surface area contributed by atoms with E-state index in [9.17, 15) is 0 Å². The Morgan fingerprint density at radius 3 is 3.11 bits per heavy atom. The lowest BCUT2D eigenvalue weighted by atomic mass is 10.1. The predicted octanol–water partition coefficient (Wildman–Crippen LogP) is 1.65. The average Bonchev–Trinajstić information content (AvgIpc) is 2.95. The Hall–Kier alpha value is -1.81. The SMILES string of the molecule is Cc1ccc2c(c1)CC(Cn1ccc(CN)n1)O2. The fraction of sp³-hybridized carbons (Fsp3) is 0.357. The van der Waals surface area contributed by atoms with Gasteiger partial charge in [-0.25, -0.2) is 0 Å². The second kappa shape index (κ2) is 4.46. The fourth-order valence-corrected chi connectivity index (χ4v) is 2.37. The second-order valence-electron chi connectivity index (χ2n) is 4.79. The van der Waals surface area contributed by atoms with Crippen molar-refractivity contribution >= 4 is 0 Å². The topological polar surface area (TPSA) is 53.1 Å². The van der Waals surface area contributed by atoms with Crippen molar-refractivity contribution in [2.75, 3.05) is 0 Å². The van der Waals surface area contributed by atoms with Crippen LogP contribution in [0.15, 0.2) is 30.5 Å². The normalized spacial score (nSPS) is 17.6. The first-order chi connectivity index (χ1) is 8.74. The van der Waals surface area contributed by atoms with Crippen LogP contribution in [-0.4, -0.2) is 15.9 Å². The van der Waals surface area contributed by atoms with Gasteiger partial charge in [-0.3, -0.25) is 4.68 Å². The van der Waals surface area contributed by atoms with Crippen molar-refractivity contribution < 1.29 is 4.74 Å². The molecule has 0 amide bonds. The third-order valence-electron chi connectivity index (χ3n) is 3.25. The zero-order chi connectivity index (χ0) is 12.5. The third kappa shape index (κ3) is 2.11. The molecule has 1 aromatic heterocycles. The number of ether oxygens (including phenoxy) is 1. The minimum absolute atomic E-state index is 0.173. The van der Waals surface area contributed by atoms with Gasteiger partial charge in [0.15, 0.2) is 0 Å². The molecule has 2 aromatic rings. The highest BCUT2D eigenvalue weighted by Gasteiger charge is 2.23. The van der Waals surface area contributed by atoms with Crippen LogP contribution in [0.3, 0.4) is 0 Å². The number of aromatic nitrogens is 2. The van der Waals surface area contributed by atoms with Gasteiger partial charge in [-0.2, -0.15) is 5.10 Å². The molecule has 0 spiro atoms. The van der Waals surface area contributed by atoms with Gasteiger partial charge in [-0.05, 0) is 24.6 Å². The second-order valence-corrected chi connectivity index (χ2v) is 4.79. The molecule has 0 aliphatic carbocycles. The molecule has 2 heterocycles. The van der Waals surface area contributed by atoms with Crippen molar-refractivity contribution in [3.8, 4) is 5.75 Å². The molecule has 0 saturated heterocycles. The first-order valence-electron chi connectivity index (χ1n) is 6.23. The summed E-state index contributed by atoms with van der Waals surface area (Å²) in [6, 6.07) is 8.29. The minimum atomic E-state index is 0.173. The van der Waals surface area contributed by atoms with Crippen LogP contribution in [0.1, 0.15) is 16.8 Å². The molecule has 0 bridgehead atoms. The van der Waals surface area contributed by atoms with Crippen LogP contribution in [0, 0.1) is 6.92 Å². The van der Waals surface area contributed by atoms with Gasteiger partial charge in [-0.15, -0.1) is 0 Å². The first-order valence-corrected chi connectivity index (χ1v) is 6.23. The van der Waals surface area contributed by atoms with Crippen LogP contribution in [0.4, 0.5) is 0 Å². The van der Waals surface area contributed by atoms with Gasteiger partial charge in [0, 0.05) is 19.2 Å². The van der Waals surface area contributed by atoms with E-state index in [2.05, 4.69) is 30.2 Å². The van der Waals surface area contributed by atoms with Crippen LogP contribution in [-0.2, 0) is 19.5 Å². The fourth-order valence-electron chi connectivity index (χ4n) is 2.37. The summed E-state index contributed by atoms with van der Waals surface area (Å²) in [5, 5.41) is 4.38. The number of hydrogen-bond acceptors (Lipinski definition) is 3. The Bertz CT molecular complexity index is 562. The average molecular weight is 243 g/mol. The number of nitrogens with zero attached hydrogens (tertiary/aromatic N) is 2. The van der Waals surface area contributed by atoms with Gasteiger partial charge in [0.25, 0.3) is 0 Å². The van der Waals surface area contributed by atoms with Gasteiger partial charge < -0.3 is 10.5 Å². The van der Waals surface area contributed by atoms with Gasteiger partial charge in [-0.1, -0.05) is 17.7 Å². The Morgan fingerprint density at radius 1 is 1.44 bits per heavy atom. The van der Waals surface area contributed by atoms with E-state index in [0.717, 1.165) is 24.4 Å². The molecular weight excluding hydrogens is 226 g/mol. The van der Waals surface area contributed by atoms with Crippen LogP contribution < -0.4 is 10.5 Å². The zero-order valence-electron chi connectivity index (χ0n) is 10.5. The highest BCUT2D eigenvalue weighted by Crippen LogP contribution is 2.29. The number of hydrogen-bond donors (Lipinski definition) is 1. The van der Waals surface area contributed by atoms with Gasteiger partial charge in [0.1, 0.15) is 11.9 Å². The van der Waals surface area contributed by atoms with Gasteiger partial charge >= 0.3 is 0 Å². The molecule has 0 saturated carbocycles. The Morgan fingerprint density at radius 2 is 2.33 bits per heavy atom. The lowest BCUT2D eigenvalue weighted by Crippen LogP contribution is -2.21. The summed E-state index contributed by atoms with van der Waals surface area (Å²) < 4.78 is 7.82. The first kappa shape index (κ1) is 11.3. The molecule has 18 heavy (non-hydrogen) atoms. The quantitative estimate of drug-likeness (QED) is 0.892. The summed E-state index contributed by atoms with van der Waals surface area (Å²) in [5.41, 5.74) is 9.05. The predicted molar refractivity (Wildman–Crippen MR) is 69.4 cm³/mol. The molecule has 1 unspecified atom stereocenters. The largest absolute Gasteiger partial charge is 0.488 e. The zero-order valence-corrected chi connectivity index (χ0v) is 10.5. The van der Waals surface area contributed by atoms with Crippen molar-refractivity contribution in [3.63, 3.8) is 0 Å².